The summed E-state index contributed by atoms with van der Waals surface area (Å²) in [5.74, 6) is 0.154. The van der Waals surface area contributed by atoms with Crippen LogP contribution in [0.1, 0.15) is 5.56 Å². The normalized spacial score (nSPS) is 14.4. The lowest BCUT2D eigenvalue weighted by Crippen LogP contribution is -2.09. The molecule has 0 amide bonds. The maximum atomic E-state index is 11.8. The number of nitrogens with zero attached hydrogens (tertiary/aromatic N) is 2. The monoisotopic (exact) mass is 235 g/mol. The van der Waals surface area contributed by atoms with Gasteiger partial charge in [0.1, 0.15) is 0 Å². The summed E-state index contributed by atoms with van der Waals surface area (Å²) in [5, 5.41) is 0.102. The quantitative estimate of drug-likeness (QED) is 0.590. The fourth-order valence-corrected chi connectivity index (χ4v) is 1.18. The van der Waals surface area contributed by atoms with Crippen molar-refractivity contribution in [3.63, 3.8) is 0 Å². The van der Waals surface area contributed by atoms with Crippen LogP contribution < -0.4 is 0 Å². The number of halogens is 3. The molecule has 0 aliphatic rings. The molecule has 0 aliphatic heterocycles. The number of aromatic nitrogens is 2. The molecule has 1 atom stereocenters. The Bertz CT molecular complexity index is 390. The van der Waals surface area contributed by atoms with Crippen LogP contribution in [-0.2, 0) is 10.8 Å². The molecule has 0 saturated heterocycles. The Balaban J connectivity index is 2.82. The van der Waals surface area contributed by atoms with Crippen molar-refractivity contribution < 1.29 is 17.2 Å². The Kier molecular flexibility index (Phi) is 3.62. The topological polar surface area (TPSA) is 42.9 Å². The fourth-order valence-electron chi connectivity index (χ4n) is 0.781. The van der Waals surface area contributed by atoms with Gasteiger partial charge in [0.2, 0.25) is 5.16 Å². The molecule has 1 rings (SSSR count). The van der Waals surface area contributed by atoms with E-state index in [0.717, 1.165) is 6.08 Å². The predicted molar refractivity (Wildman–Crippen MR) is 52.5 cm³/mol. The van der Waals surface area contributed by atoms with Gasteiger partial charge < -0.3 is 12.9 Å². The summed E-state index contributed by atoms with van der Waals surface area (Å²) >= 11 is 0. The second kappa shape index (κ2) is 4.56. The van der Waals surface area contributed by atoms with Crippen LogP contribution in [0.4, 0.5) is 12.9 Å². The molecule has 1 aromatic rings. The van der Waals surface area contributed by atoms with Crippen LogP contribution in [0.3, 0.4) is 0 Å². The zero-order valence-electron chi connectivity index (χ0n) is 7.73. The molecular formula is C7H7BF3N2OS-. The number of hydrogen-bond donors (Lipinski definition) is 0. The van der Waals surface area contributed by atoms with E-state index >= 15 is 0 Å². The molecule has 0 aromatic carbocycles. The van der Waals surface area contributed by atoms with Crippen LogP contribution in [0.25, 0.3) is 6.08 Å². The van der Waals surface area contributed by atoms with Crippen molar-refractivity contribution in [2.75, 3.05) is 6.26 Å². The summed E-state index contributed by atoms with van der Waals surface area (Å²) in [7, 11) is -1.32. The van der Waals surface area contributed by atoms with E-state index in [-0.39, 0.29) is 16.7 Å². The van der Waals surface area contributed by atoms with E-state index in [1.165, 1.54) is 18.6 Å². The van der Waals surface area contributed by atoms with Crippen molar-refractivity contribution in [1.82, 2.24) is 9.97 Å². The second-order valence-electron chi connectivity index (χ2n) is 2.74. The molecule has 0 fully saturated rings. The Labute approximate surface area is 87.0 Å². The van der Waals surface area contributed by atoms with Gasteiger partial charge in [0.05, 0.1) is 10.8 Å². The van der Waals surface area contributed by atoms with Crippen molar-refractivity contribution in [3.8, 4) is 0 Å². The number of hydrogen-bond acceptors (Lipinski definition) is 3. The van der Waals surface area contributed by atoms with Crippen LogP contribution in [0.2, 0.25) is 0 Å². The molecule has 1 aromatic heterocycles. The maximum absolute atomic E-state index is 11.8. The Morgan fingerprint density at radius 1 is 1.33 bits per heavy atom. The molecule has 0 aliphatic carbocycles. The van der Waals surface area contributed by atoms with Gasteiger partial charge in [-0.05, 0) is 0 Å². The number of rotatable bonds is 3. The average molecular weight is 235 g/mol. The average Bonchev–Trinajstić information content (AvgIpc) is 2.14. The third kappa shape index (κ3) is 4.24. The van der Waals surface area contributed by atoms with Gasteiger partial charge in [0.25, 0.3) is 0 Å². The van der Waals surface area contributed by atoms with E-state index in [2.05, 4.69) is 9.97 Å². The molecule has 82 valence electrons. The summed E-state index contributed by atoms with van der Waals surface area (Å²) in [6, 6.07) is 0. The first-order valence-corrected chi connectivity index (χ1v) is 5.49. The summed E-state index contributed by atoms with van der Waals surface area (Å²) in [5.41, 5.74) is 0.225. The zero-order valence-corrected chi connectivity index (χ0v) is 8.55. The molecule has 0 saturated carbocycles. The fraction of sp³-hybridized carbons (Fsp3) is 0.143. The standard InChI is InChI=1S/C7H7BF3N2OS/c1-15(14)7-12-4-6(5-13-7)2-3-8(9,10)11/h2-5H,1H3/q-1/b3-2+. The smallest absolute Gasteiger partial charge is 0.445 e. The van der Waals surface area contributed by atoms with Crippen LogP contribution in [0.5, 0.6) is 0 Å². The van der Waals surface area contributed by atoms with Gasteiger partial charge in [-0.3, -0.25) is 4.21 Å². The summed E-state index contributed by atoms with van der Waals surface area (Å²) in [4.78, 5) is 7.31. The lowest BCUT2D eigenvalue weighted by Gasteiger charge is -2.05. The molecule has 0 spiro atoms. The van der Waals surface area contributed by atoms with Gasteiger partial charge in [-0.25, -0.2) is 9.97 Å². The van der Waals surface area contributed by atoms with E-state index in [0.29, 0.717) is 0 Å². The molecule has 0 N–H and O–H groups in total. The van der Waals surface area contributed by atoms with Crippen molar-refractivity contribution in [2.45, 2.75) is 5.16 Å². The van der Waals surface area contributed by atoms with Gasteiger partial charge >= 0.3 is 6.98 Å². The Morgan fingerprint density at radius 2 is 1.87 bits per heavy atom. The van der Waals surface area contributed by atoms with Crippen molar-refractivity contribution in [2.24, 2.45) is 0 Å². The van der Waals surface area contributed by atoms with Crippen LogP contribution in [0, 0.1) is 0 Å². The minimum absolute atomic E-state index is 0.102. The zero-order chi connectivity index (χ0) is 11.5. The molecule has 1 heterocycles. The maximum Gasteiger partial charge on any atom is 0.502 e. The second-order valence-corrected chi connectivity index (χ2v) is 4.01. The highest BCUT2D eigenvalue weighted by Gasteiger charge is 2.16. The lowest BCUT2D eigenvalue weighted by atomic mass is 9.91. The van der Waals surface area contributed by atoms with Crippen molar-refractivity contribution in [1.29, 1.82) is 0 Å². The first kappa shape index (κ1) is 11.9. The van der Waals surface area contributed by atoms with Crippen molar-refractivity contribution >= 4 is 23.9 Å². The van der Waals surface area contributed by atoms with Gasteiger partial charge in [0.15, 0.2) is 0 Å². The SMILES string of the molecule is CS(=O)c1ncc(/C=C/[B-](F)(F)F)cn1. The van der Waals surface area contributed by atoms with E-state index < -0.39 is 17.8 Å². The molecule has 0 bridgehead atoms. The Morgan fingerprint density at radius 3 is 2.27 bits per heavy atom. The van der Waals surface area contributed by atoms with Crippen LogP contribution >= 0.6 is 0 Å². The third-order valence-electron chi connectivity index (χ3n) is 1.41. The first-order valence-electron chi connectivity index (χ1n) is 3.93. The van der Waals surface area contributed by atoms with Gasteiger partial charge in [-0.15, -0.1) is 5.98 Å². The van der Waals surface area contributed by atoms with E-state index in [1.807, 2.05) is 0 Å². The van der Waals surface area contributed by atoms with Gasteiger partial charge in [0, 0.05) is 24.2 Å². The molecule has 0 radical (unpaired) electrons. The highest BCUT2D eigenvalue weighted by Crippen LogP contribution is 2.12. The molecule has 1 unspecified atom stereocenters. The molecule has 8 heteroatoms. The minimum atomic E-state index is -4.95. The summed E-state index contributed by atoms with van der Waals surface area (Å²) in [6.07, 6.45) is 4.66. The summed E-state index contributed by atoms with van der Waals surface area (Å²) in [6.45, 7) is -4.95. The third-order valence-corrected chi connectivity index (χ3v) is 2.14. The van der Waals surface area contributed by atoms with Crippen molar-refractivity contribution in [3.05, 3.63) is 23.9 Å². The largest absolute Gasteiger partial charge is 0.502 e. The highest BCUT2D eigenvalue weighted by molar-refractivity contribution is 7.84. The predicted octanol–water partition coefficient (Wildman–Crippen LogP) is 1.61. The molecule has 3 nitrogen and oxygen atoms in total. The Hall–Kier alpha value is -1.18. The van der Waals surface area contributed by atoms with E-state index in [4.69, 9.17) is 0 Å². The lowest BCUT2D eigenvalue weighted by molar-refractivity contribution is 0.499. The molecule has 15 heavy (non-hydrogen) atoms. The summed E-state index contributed by atoms with van der Waals surface area (Å²) < 4.78 is 46.4. The minimum Gasteiger partial charge on any atom is -0.445 e. The van der Waals surface area contributed by atoms with Gasteiger partial charge in [-0.1, -0.05) is 6.08 Å². The van der Waals surface area contributed by atoms with E-state index in [9.17, 15) is 17.2 Å². The van der Waals surface area contributed by atoms with Crippen LogP contribution in [0.15, 0.2) is 23.5 Å². The first-order chi connectivity index (χ1) is 6.88. The highest BCUT2D eigenvalue weighted by atomic mass is 32.2. The van der Waals surface area contributed by atoms with Crippen LogP contribution in [-0.4, -0.2) is 27.4 Å². The van der Waals surface area contributed by atoms with E-state index in [1.54, 1.807) is 0 Å². The molecular weight excluding hydrogens is 228 g/mol. The van der Waals surface area contributed by atoms with Gasteiger partial charge in [-0.2, -0.15) is 0 Å².